The average Bonchev–Trinajstić information content (AvgIpc) is 2.15. The Labute approximate surface area is 94.0 Å². The monoisotopic (exact) mass is 256 g/mol. The van der Waals surface area contributed by atoms with Crippen LogP contribution in [-0.2, 0) is 9.59 Å². The van der Waals surface area contributed by atoms with Gasteiger partial charge in [0.1, 0.15) is 6.04 Å². The lowest BCUT2D eigenvalue weighted by atomic mass is 10.1. The molecule has 0 spiro atoms. The quantitative estimate of drug-likeness (QED) is 0.590. The van der Waals surface area contributed by atoms with Crippen LogP contribution in [0.25, 0.3) is 0 Å². The molecule has 1 fully saturated rings. The summed E-state index contributed by atoms with van der Waals surface area (Å²) in [6.45, 7) is -1.70. The number of carbonyl (C=O) groups excluding carboxylic acids is 1. The van der Waals surface area contributed by atoms with E-state index in [1.807, 2.05) is 0 Å². The summed E-state index contributed by atoms with van der Waals surface area (Å²) in [5.74, 6) is -1.92. The van der Waals surface area contributed by atoms with E-state index in [0.29, 0.717) is 0 Å². The van der Waals surface area contributed by atoms with Crippen LogP contribution < -0.4 is 5.32 Å². The number of rotatable bonds is 3. The van der Waals surface area contributed by atoms with Gasteiger partial charge >= 0.3 is 12.1 Å². The fourth-order valence-electron chi connectivity index (χ4n) is 1.45. The average molecular weight is 256 g/mol. The van der Waals surface area contributed by atoms with E-state index < -0.39 is 43.3 Å². The van der Waals surface area contributed by atoms with Gasteiger partial charge in [0.15, 0.2) is 6.10 Å². The summed E-state index contributed by atoms with van der Waals surface area (Å²) in [5, 5.41) is 19.8. The summed E-state index contributed by atoms with van der Waals surface area (Å²) in [7, 11) is 0. The second-order valence-corrected chi connectivity index (χ2v) is 3.64. The Bertz CT molecular complexity index is 320. The molecule has 2 unspecified atom stereocenters. The zero-order valence-corrected chi connectivity index (χ0v) is 8.57. The van der Waals surface area contributed by atoms with Crippen molar-refractivity contribution < 1.29 is 33.0 Å². The van der Waals surface area contributed by atoms with Gasteiger partial charge < -0.3 is 15.5 Å². The first-order valence-corrected chi connectivity index (χ1v) is 4.70. The molecule has 98 valence electrons. The van der Waals surface area contributed by atoms with Crippen molar-refractivity contribution in [3.05, 3.63) is 0 Å². The van der Waals surface area contributed by atoms with Gasteiger partial charge in [-0.1, -0.05) is 0 Å². The molecule has 1 amide bonds. The highest BCUT2D eigenvalue weighted by Gasteiger charge is 2.42. The minimum atomic E-state index is -4.84. The van der Waals surface area contributed by atoms with Crippen molar-refractivity contribution >= 4 is 11.9 Å². The zero-order chi connectivity index (χ0) is 13.2. The largest absolute Gasteiger partial charge is 0.480 e. The molecule has 0 aliphatic carbocycles. The normalized spacial score (nSPS) is 24.2. The molecule has 2 atom stereocenters. The number of carboxylic acid groups (broad SMARTS) is 1. The van der Waals surface area contributed by atoms with Crippen LogP contribution in [0, 0.1) is 0 Å². The summed E-state index contributed by atoms with van der Waals surface area (Å²) in [5.41, 5.74) is 0. The number of amides is 1. The molecule has 1 aliphatic heterocycles. The second-order valence-electron chi connectivity index (χ2n) is 3.64. The van der Waals surface area contributed by atoms with Gasteiger partial charge in [-0.25, -0.2) is 0 Å². The third kappa shape index (κ3) is 3.56. The maximum atomic E-state index is 12.1. The van der Waals surface area contributed by atoms with Crippen LogP contribution in [0.15, 0.2) is 0 Å². The topological polar surface area (TPSA) is 89.9 Å². The van der Waals surface area contributed by atoms with Gasteiger partial charge in [0, 0.05) is 13.1 Å². The van der Waals surface area contributed by atoms with E-state index in [1.165, 1.54) is 0 Å². The smallest absolute Gasteiger partial charge is 0.415 e. The number of nitrogens with one attached hydrogen (secondary N) is 1. The van der Waals surface area contributed by atoms with Gasteiger partial charge in [-0.2, -0.15) is 13.2 Å². The second kappa shape index (κ2) is 4.88. The van der Waals surface area contributed by atoms with Gasteiger partial charge in [0.2, 0.25) is 5.91 Å². The molecule has 0 bridgehead atoms. The zero-order valence-electron chi connectivity index (χ0n) is 8.57. The molecule has 0 aromatic carbocycles. The maximum Gasteiger partial charge on any atom is 0.415 e. The molecule has 0 aromatic rings. The molecule has 1 aliphatic rings. The van der Waals surface area contributed by atoms with Crippen molar-refractivity contribution in [2.45, 2.75) is 18.3 Å². The van der Waals surface area contributed by atoms with Gasteiger partial charge in [0.25, 0.3) is 0 Å². The van der Waals surface area contributed by atoms with Crippen LogP contribution in [-0.4, -0.2) is 64.9 Å². The molecular formula is C8H11F3N2O4. The SMILES string of the molecule is O=C1CN(CC(O)C(F)(F)F)C(C(=O)O)CN1. The van der Waals surface area contributed by atoms with E-state index in [-0.39, 0.29) is 6.54 Å². The fourth-order valence-corrected chi connectivity index (χ4v) is 1.45. The summed E-state index contributed by atoms with van der Waals surface area (Å²) in [6.07, 6.45) is -7.51. The number of β-amino-alcohol motifs (C(OH)–C–C–N with tert-alkyl or cyclic N) is 1. The third-order valence-electron chi connectivity index (χ3n) is 2.35. The minimum absolute atomic E-state index is 0.279. The van der Waals surface area contributed by atoms with Gasteiger partial charge in [-0.15, -0.1) is 0 Å². The number of hydrogen-bond donors (Lipinski definition) is 3. The predicted molar refractivity (Wildman–Crippen MR) is 48.1 cm³/mol. The van der Waals surface area contributed by atoms with Crippen molar-refractivity contribution in [1.82, 2.24) is 10.2 Å². The van der Waals surface area contributed by atoms with Crippen LogP contribution >= 0.6 is 0 Å². The first kappa shape index (κ1) is 13.7. The van der Waals surface area contributed by atoms with E-state index >= 15 is 0 Å². The van der Waals surface area contributed by atoms with Crippen LogP contribution in [0.2, 0.25) is 0 Å². The van der Waals surface area contributed by atoms with Crippen molar-refractivity contribution in [3.63, 3.8) is 0 Å². The maximum absolute atomic E-state index is 12.1. The van der Waals surface area contributed by atoms with Gasteiger partial charge in [0.05, 0.1) is 6.54 Å². The van der Waals surface area contributed by atoms with Gasteiger partial charge in [-0.05, 0) is 0 Å². The first-order chi connectivity index (χ1) is 7.71. The van der Waals surface area contributed by atoms with E-state index in [4.69, 9.17) is 10.2 Å². The molecule has 17 heavy (non-hydrogen) atoms. The number of carboxylic acids is 1. The Morgan fingerprint density at radius 3 is 2.65 bits per heavy atom. The van der Waals surface area contributed by atoms with Crippen LogP contribution in [0.3, 0.4) is 0 Å². The molecule has 1 heterocycles. The highest BCUT2D eigenvalue weighted by molar-refractivity contribution is 5.83. The van der Waals surface area contributed by atoms with E-state index in [1.54, 1.807) is 0 Å². The highest BCUT2D eigenvalue weighted by Crippen LogP contribution is 2.21. The number of aliphatic hydroxyl groups is 1. The van der Waals surface area contributed by atoms with E-state index in [2.05, 4.69) is 5.32 Å². The first-order valence-electron chi connectivity index (χ1n) is 4.70. The summed E-state index contributed by atoms with van der Waals surface area (Å²) in [6, 6.07) is -1.26. The van der Waals surface area contributed by atoms with Crippen molar-refractivity contribution in [2.24, 2.45) is 0 Å². The molecule has 9 heteroatoms. The minimum Gasteiger partial charge on any atom is -0.480 e. The third-order valence-corrected chi connectivity index (χ3v) is 2.35. The molecule has 6 nitrogen and oxygen atoms in total. The van der Waals surface area contributed by atoms with Crippen molar-refractivity contribution in [3.8, 4) is 0 Å². The molecule has 1 saturated heterocycles. The Balaban J connectivity index is 2.70. The Hall–Kier alpha value is -1.35. The number of aliphatic hydroxyl groups excluding tert-OH is 1. The Morgan fingerprint density at radius 1 is 1.59 bits per heavy atom. The summed E-state index contributed by atoms with van der Waals surface area (Å²) >= 11 is 0. The van der Waals surface area contributed by atoms with Crippen LogP contribution in [0.5, 0.6) is 0 Å². The molecule has 0 aromatic heterocycles. The molecule has 1 rings (SSSR count). The fraction of sp³-hybridized carbons (Fsp3) is 0.750. The molecule has 0 saturated carbocycles. The Morgan fingerprint density at radius 2 is 2.18 bits per heavy atom. The lowest BCUT2D eigenvalue weighted by Gasteiger charge is -2.34. The predicted octanol–water partition coefficient (Wildman–Crippen LogP) is -1.21. The molecular weight excluding hydrogens is 245 g/mol. The molecule has 0 radical (unpaired) electrons. The van der Waals surface area contributed by atoms with Crippen molar-refractivity contribution in [2.75, 3.05) is 19.6 Å². The van der Waals surface area contributed by atoms with E-state index in [0.717, 1.165) is 4.90 Å². The van der Waals surface area contributed by atoms with Crippen LogP contribution in [0.1, 0.15) is 0 Å². The Kier molecular flexibility index (Phi) is 3.94. The van der Waals surface area contributed by atoms with E-state index in [9.17, 15) is 22.8 Å². The number of halogens is 3. The summed E-state index contributed by atoms with van der Waals surface area (Å²) < 4.78 is 36.3. The van der Waals surface area contributed by atoms with Gasteiger partial charge in [-0.3, -0.25) is 14.5 Å². The number of carbonyl (C=O) groups is 2. The summed E-state index contributed by atoms with van der Waals surface area (Å²) in [4.78, 5) is 22.5. The highest BCUT2D eigenvalue weighted by atomic mass is 19.4. The number of aliphatic carboxylic acids is 1. The van der Waals surface area contributed by atoms with Crippen LogP contribution in [0.4, 0.5) is 13.2 Å². The number of piperazine rings is 1. The standard InChI is InChI=1S/C8H11F3N2O4/c9-8(10,11)5(14)2-13-3-6(15)12-1-4(13)7(16)17/h4-5,14H,1-3H2,(H,12,15)(H,16,17). The molecule has 3 N–H and O–H groups in total. The number of nitrogens with zero attached hydrogens (tertiary/aromatic N) is 1. The number of hydrogen-bond acceptors (Lipinski definition) is 4. The van der Waals surface area contributed by atoms with Crippen molar-refractivity contribution in [1.29, 1.82) is 0 Å². The lowest BCUT2D eigenvalue weighted by Crippen LogP contribution is -2.60. The number of alkyl halides is 3. The lowest BCUT2D eigenvalue weighted by molar-refractivity contribution is -0.210.